The summed E-state index contributed by atoms with van der Waals surface area (Å²) < 4.78 is 26.5. The molecule has 12 nitrogen and oxygen atoms in total. The highest BCUT2D eigenvalue weighted by molar-refractivity contribution is 7.46. The molecule has 0 aromatic carbocycles. The van der Waals surface area contributed by atoms with Gasteiger partial charge in [0.25, 0.3) is 0 Å². The molecule has 23 heavy (non-hydrogen) atoms. The number of aliphatic hydroxyl groups is 2. The number of aliphatic hydroxyl groups excluding tert-OH is 2. The van der Waals surface area contributed by atoms with E-state index in [1.807, 2.05) is 0 Å². The molecule has 0 aliphatic carbocycles. The third-order valence-corrected chi connectivity index (χ3v) is 3.59. The number of nitrogens with zero attached hydrogens (tertiary/aromatic N) is 2. The minimum Gasteiger partial charge on any atom is -0.386 e. The summed E-state index contributed by atoms with van der Waals surface area (Å²) in [5, 5.41) is 18.9. The zero-order valence-electron chi connectivity index (χ0n) is 11.6. The monoisotopic (exact) mass is 353 g/mol. The molecular weight excluding hydrogens is 337 g/mol. The SMILES string of the molecule is Nc1ccn([C@@H]2O[C@H](COCO)[C@@H](OP(=O)(O)O)[C@H]2O)c(=O)n1. The van der Waals surface area contributed by atoms with E-state index in [1.165, 1.54) is 12.3 Å². The van der Waals surface area contributed by atoms with Crippen LogP contribution in [0.25, 0.3) is 0 Å². The van der Waals surface area contributed by atoms with Crippen LogP contribution in [0.15, 0.2) is 17.1 Å². The maximum Gasteiger partial charge on any atom is 0.470 e. The number of rotatable bonds is 6. The van der Waals surface area contributed by atoms with Gasteiger partial charge in [0, 0.05) is 6.20 Å². The fourth-order valence-electron chi connectivity index (χ4n) is 2.16. The van der Waals surface area contributed by atoms with Crippen molar-refractivity contribution in [3.63, 3.8) is 0 Å². The summed E-state index contributed by atoms with van der Waals surface area (Å²) >= 11 is 0. The summed E-state index contributed by atoms with van der Waals surface area (Å²) in [6, 6.07) is 1.29. The number of phosphoric acid groups is 1. The summed E-state index contributed by atoms with van der Waals surface area (Å²) in [5.74, 6) is -0.0399. The molecule has 13 heteroatoms. The Balaban J connectivity index is 2.28. The molecule has 0 saturated carbocycles. The van der Waals surface area contributed by atoms with Crippen LogP contribution < -0.4 is 11.4 Å². The predicted octanol–water partition coefficient (Wildman–Crippen LogP) is -2.47. The highest BCUT2D eigenvalue weighted by Crippen LogP contribution is 2.43. The first-order valence-corrected chi connectivity index (χ1v) is 7.86. The second-order valence-electron chi connectivity index (χ2n) is 4.66. The Kier molecular flexibility index (Phi) is 5.49. The largest absolute Gasteiger partial charge is 0.470 e. The first-order valence-electron chi connectivity index (χ1n) is 6.33. The van der Waals surface area contributed by atoms with Gasteiger partial charge < -0.3 is 35.2 Å². The first-order chi connectivity index (χ1) is 10.7. The molecule has 1 aromatic heterocycles. The van der Waals surface area contributed by atoms with Gasteiger partial charge in [0.1, 0.15) is 30.9 Å². The lowest BCUT2D eigenvalue weighted by Crippen LogP contribution is -2.37. The van der Waals surface area contributed by atoms with E-state index in [0.717, 1.165) is 4.57 Å². The number of ether oxygens (including phenoxy) is 2. The van der Waals surface area contributed by atoms with E-state index in [2.05, 4.69) is 9.51 Å². The second-order valence-corrected chi connectivity index (χ2v) is 5.85. The van der Waals surface area contributed by atoms with Crippen LogP contribution in [0.3, 0.4) is 0 Å². The quantitative estimate of drug-likeness (QED) is 0.269. The van der Waals surface area contributed by atoms with E-state index in [9.17, 15) is 14.5 Å². The molecule has 2 rings (SSSR count). The summed E-state index contributed by atoms with van der Waals surface area (Å²) in [7, 11) is -4.94. The van der Waals surface area contributed by atoms with E-state index in [4.69, 9.17) is 30.1 Å². The number of aromatic nitrogens is 2. The van der Waals surface area contributed by atoms with Gasteiger partial charge in [0.15, 0.2) is 6.23 Å². The van der Waals surface area contributed by atoms with E-state index in [-0.39, 0.29) is 12.4 Å². The van der Waals surface area contributed by atoms with Crippen molar-refractivity contribution in [3.8, 4) is 0 Å². The predicted molar refractivity (Wildman–Crippen MR) is 72.8 cm³/mol. The average molecular weight is 353 g/mol. The maximum absolute atomic E-state index is 11.8. The number of nitrogen functional groups attached to an aromatic ring is 1. The van der Waals surface area contributed by atoms with Crippen LogP contribution in [0.4, 0.5) is 5.82 Å². The van der Waals surface area contributed by atoms with E-state index in [0.29, 0.717) is 0 Å². The van der Waals surface area contributed by atoms with Crippen molar-refractivity contribution < 1.29 is 38.6 Å². The Bertz CT molecular complexity index is 647. The Labute approximate surface area is 129 Å². The van der Waals surface area contributed by atoms with Crippen molar-refractivity contribution in [2.24, 2.45) is 0 Å². The van der Waals surface area contributed by atoms with Crippen molar-refractivity contribution in [2.45, 2.75) is 24.5 Å². The topological polar surface area (TPSA) is 187 Å². The first kappa shape index (κ1) is 18.0. The Hall–Kier alpha value is -1.37. The molecule has 0 bridgehead atoms. The molecule has 1 aliphatic heterocycles. The van der Waals surface area contributed by atoms with Crippen molar-refractivity contribution in [3.05, 3.63) is 22.7 Å². The van der Waals surface area contributed by atoms with Gasteiger partial charge in [-0.25, -0.2) is 9.36 Å². The van der Waals surface area contributed by atoms with Crippen LogP contribution >= 0.6 is 7.82 Å². The third-order valence-electron chi connectivity index (χ3n) is 3.07. The minimum absolute atomic E-state index is 0.0399. The summed E-state index contributed by atoms with van der Waals surface area (Å²) in [6.45, 7) is -1.00. The number of hydrogen-bond acceptors (Lipinski definition) is 9. The van der Waals surface area contributed by atoms with Gasteiger partial charge in [-0.15, -0.1) is 0 Å². The number of anilines is 1. The normalized spacial score (nSPS) is 28.2. The molecule has 0 amide bonds. The second kappa shape index (κ2) is 7.03. The number of hydrogen-bond donors (Lipinski definition) is 5. The molecule has 4 atom stereocenters. The number of nitrogens with two attached hydrogens (primary N) is 1. The lowest BCUT2D eigenvalue weighted by molar-refractivity contribution is -0.0931. The van der Waals surface area contributed by atoms with E-state index in [1.54, 1.807) is 0 Å². The molecular formula is C10H16N3O9P. The van der Waals surface area contributed by atoms with Gasteiger partial charge in [-0.3, -0.25) is 9.09 Å². The maximum atomic E-state index is 11.8. The summed E-state index contributed by atoms with van der Waals surface area (Å²) in [6.07, 6.45) is -4.34. The van der Waals surface area contributed by atoms with Gasteiger partial charge >= 0.3 is 13.5 Å². The van der Waals surface area contributed by atoms with Crippen LogP contribution in [-0.4, -0.2) is 61.3 Å². The van der Waals surface area contributed by atoms with Gasteiger partial charge in [-0.05, 0) is 6.07 Å². The van der Waals surface area contributed by atoms with Crippen LogP contribution in [0.2, 0.25) is 0 Å². The molecule has 1 fully saturated rings. The summed E-state index contributed by atoms with van der Waals surface area (Å²) in [5.41, 5.74) is 4.53. The van der Waals surface area contributed by atoms with Gasteiger partial charge in [-0.2, -0.15) is 4.98 Å². The molecule has 1 aliphatic rings. The molecule has 130 valence electrons. The standard InChI is InChI=1S/C10H16N3O9P/c11-6-1-2-13(10(16)12-6)9-7(15)8(22-23(17,18)19)5(21-9)3-20-4-14/h1-2,5,7-9,14-15H,3-4H2,(H2,11,12,16)(H2,17,18,19)/t5-,7-,8-,9-/m1/s1. The Morgan fingerprint density at radius 2 is 2.17 bits per heavy atom. The van der Waals surface area contributed by atoms with Crippen molar-refractivity contribution in [1.82, 2.24) is 9.55 Å². The molecule has 6 N–H and O–H groups in total. The van der Waals surface area contributed by atoms with Crippen LogP contribution in [0.1, 0.15) is 6.23 Å². The Morgan fingerprint density at radius 3 is 2.74 bits per heavy atom. The molecule has 0 radical (unpaired) electrons. The average Bonchev–Trinajstić information content (AvgIpc) is 2.72. The van der Waals surface area contributed by atoms with Crippen molar-refractivity contribution in [2.75, 3.05) is 19.1 Å². The lowest BCUT2D eigenvalue weighted by Gasteiger charge is -2.20. The fraction of sp³-hybridized carbons (Fsp3) is 0.600. The van der Waals surface area contributed by atoms with Crippen LogP contribution in [0, 0.1) is 0 Å². The van der Waals surface area contributed by atoms with Gasteiger partial charge in [-0.1, -0.05) is 0 Å². The highest BCUT2D eigenvalue weighted by Gasteiger charge is 2.48. The molecule has 0 spiro atoms. The van der Waals surface area contributed by atoms with E-state index < -0.39 is 44.8 Å². The summed E-state index contributed by atoms with van der Waals surface area (Å²) in [4.78, 5) is 33.1. The van der Waals surface area contributed by atoms with Crippen molar-refractivity contribution in [1.29, 1.82) is 0 Å². The lowest BCUT2D eigenvalue weighted by atomic mass is 10.1. The Morgan fingerprint density at radius 1 is 1.48 bits per heavy atom. The molecule has 0 unspecified atom stereocenters. The van der Waals surface area contributed by atoms with Gasteiger partial charge in [0.05, 0.1) is 6.61 Å². The zero-order chi connectivity index (χ0) is 17.2. The van der Waals surface area contributed by atoms with Gasteiger partial charge in [0.2, 0.25) is 0 Å². The van der Waals surface area contributed by atoms with Crippen LogP contribution in [0.5, 0.6) is 0 Å². The molecule has 1 saturated heterocycles. The van der Waals surface area contributed by atoms with Crippen LogP contribution in [-0.2, 0) is 18.6 Å². The fourth-order valence-corrected chi connectivity index (χ4v) is 2.74. The third kappa shape index (κ3) is 4.34. The molecule has 1 aromatic rings. The number of phosphoric ester groups is 1. The zero-order valence-corrected chi connectivity index (χ0v) is 12.5. The van der Waals surface area contributed by atoms with Crippen molar-refractivity contribution >= 4 is 13.6 Å². The minimum atomic E-state index is -4.94. The smallest absolute Gasteiger partial charge is 0.386 e. The van der Waals surface area contributed by atoms with E-state index >= 15 is 0 Å². The highest BCUT2D eigenvalue weighted by atomic mass is 31.2. The molecule has 2 heterocycles.